The van der Waals surface area contributed by atoms with E-state index in [1.165, 1.54) is 5.56 Å². The van der Waals surface area contributed by atoms with E-state index in [2.05, 4.69) is 21.6 Å². The number of ketones is 1. The topological polar surface area (TPSA) is 70.7 Å². The number of hydrogen-bond donors (Lipinski definition) is 2. The second kappa shape index (κ2) is 10.3. The number of ether oxygens (including phenoxy) is 1. The van der Waals surface area contributed by atoms with Crippen LogP contribution >= 0.6 is 11.6 Å². The Kier molecular flexibility index (Phi) is 7.22. The lowest BCUT2D eigenvalue weighted by molar-refractivity contribution is 0.0830. The van der Waals surface area contributed by atoms with Crippen LogP contribution in [0.3, 0.4) is 0 Å². The quantitative estimate of drug-likeness (QED) is 0.489. The van der Waals surface area contributed by atoms with Crippen molar-refractivity contribution in [1.29, 1.82) is 0 Å². The van der Waals surface area contributed by atoms with Crippen molar-refractivity contribution < 1.29 is 14.3 Å². The average molecular weight is 442 g/mol. The smallest absolute Gasteiger partial charge is 0.411 e. The number of rotatable bonds is 7. The first-order chi connectivity index (χ1) is 15.1. The fraction of sp³-hybridized carbons (Fsp3) is 0.417. The lowest BCUT2D eigenvalue weighted by Crippen LogP contribution is -2.37. The summed E-state index contributed by atoms with van der Waals surface area (Å²) in [5, 5.41) is 6.79. The van der Waals surface area contributed by atoms with Crippen LogP contribution in [0, 0.1) is 5.92 Å². The number of halogens is 1. The molecule has 1 saturated heterocycles. The summed E-state index contributed by atoms with van der Waals surface area (Å²) in [5.74, 6) is 0.278. The second-order valence-electron chi connectivity index (χ2n) is 8.15. The van der Waals surface area contributed by atoms with Gasteiger partial charge in [-0.05, 0) is 73.8 Å². The number of anilines is 1. The normalized spacial score (nSPS) is 16.7. The van der Waals surface area contributed by atoms with Crippen molar-refractivity contribution in [2.24, 2.45) is 5.92 Å². The molecule has 4 rings (SSSR count). The van der Waals surface area contributed by atoms with E-state index >= 15 is 0 Å². The Morgan fingerprint density at radius 3 is 2.65 bits per heavy atom. The molecular weight excluding hydrogens is 414 g/mol. The highest BCUT2D eigenvalue weighted by Crippen LogP contribution is 2.25. The Morgan fingerprint density at radius 2 is 1.87 bits per heavy atom. The molecule has 2 heterocycles. The van der Waals surface area contributed by atoms with Crippen LogP contribution < -0.4 is 10.6 Å². The summed E-state index contributed by atoms with van der Waals surface area (Å²) in [5.41, 5.74) is 3.91. The molecule has 0 radical (unpaired) electrons. The van der Waals surface area contributed by atoms with Crippen molar-refractivity contribution in [3.63, 3.8) is 0 Å². The van der Waals surface area contributed by atoms with Gasteiger partial charge in [-0.25, -0.2) is 4.79 Å². The zero-order valence-electron chi connectivity index (χ0n) is 17.5. The maximum Gasteiger partial charge on any atom is 0.411 e. The largest absolute Gasteiger partial charge is 0.449 e. The SMILES string of the molecule is O=C(Nc1cccc2c1CNC2)OCCCN1CCC(C(=O)c2ccc(Cl)cc2)CC1. The Balaban J connectivity index is 1.14. The zero-order valence-corrected chi connectivity index (χ0v) is 18.3. The maximum atomic E-state index is 12.6. The van der Waals surface area contributed by atoms with Crippen LogP contribution in [0.15, 0.2) is 42.5 Å². The van der Waals surface area contributed by atoms with Crippen LogP contribution in [-0.4, -0.2) is 43.0 Å². The van der Waals surface area contributed by atoms with Gasteiger partial charge in [0.2, 0.25) is 0 Å². The number of benzene rings is 2. The van der Waals surface area contributed by atoms with Gasteiger partial charge < -0.3 is 15.0 Å². The van der Waals surface area contributed by atoms with Crippen molar-refractivity contribution in [2.75, 3.05) is 31.6 Å². The van der Waals surface area contributed by atoms with Crippen LogP contribution in [0.4, 0.5) is 10.5 Å². The minimum absolute atomic E-state index is 0.0709. The fourth-order valence-electron chi connectivity index (χ4n) is 4.32. The van der Waals surface area contributed by atoms with Gasteiger partial charge in [-0.15, -0.1) is 0 Å². The molecular formula is C24H28ClN3O3. The molecule has 7 heteroatoms. The molecule has 2 N–H and O–H groups in total. The summed E-state index contributed by atoms with van der Waals surface area (Å²) < 4.78 is 5.36. The van der Waals surface area contributed by atoms with Crippen LogP contribution in [0.25, 0.3) is 0 Å². The van der Waals surface area contributed by atoms with E-state index in [9.17, 15) is 9.59 Å². The lowest BCUT2D eigenvalue weighted by atomic mass is 9.89. The third kappa shape index (κ3) is 5.64. The Bertz CT molecular complexity index is 924. The van der Waals surface area contributed by atoms with Gasteiger partial charge in [0.1, 0.15) is 0 Å². The van der Waals surface area contributed by atoms with Gasteiger partial charge in [0.05, 0.1) is 6.61 Å². The molecule has 1 amide bonds. The number of piperidine rings is 1. The van der Waals surface area contributed by atoms with Crippen LogP contribution in [0.5, 0.6) is 0 Å². The number of likely N-dealkylation sites (tertiary alicyclic amines) is 1. The molecule has 1 fully saturated rings. The van der Waals surface area contributed by atoms with Crippen LogP contribution in [-0.2, 0) is 17.8 Å². The van der Waals surface area contributed by atoms with Crippen LogP contribution in [0.1, 0.15) is 40.7 Å². The highest BCUT2D eigenvalue weighted by molar-refractivity contribution is 6.30. The number of carbonyl (C=O) groups is 2. The third-order valence-corrected chi connectivity index (χ3v) is 6.32. The monoisotopic (exact) mass is 441 g/mol. The molecule has 6 nitrogen and oxygen atoms in total. The summed E-state index contributed by atoms with van der Waals surface area (Å²) in [6.45, 7) is 4.62. The number of nitrogens with zero attached hydrogens (tertiary/aromatic N) is 1. The molecule has 0 unspecified atom stereocenters. The summed E-state index contributed by atoms with van der Waals surface area (Å²) in [7, 11) is 0. The summed E-state index contributed by atoms with van der Waals surface area (Å²) >= 11 is 5.91. The van der Waals surface area contributed by atoms with Crippen LogP contribution in [0.2, 0.25) is 5.02 Å². The predicted molar refractivity (Wildman–Crippen MR) is 122 cm³/mol. The Morgan fingerprint density at radius 1 is 1.10 bits per heavy atom. The van der Waals surface area contributed by atoms with Gasteiger partial charge in [0.25, 0.3) is 0 Å². The summed E-state index contributed by atoms with van der Waals surface area (Å²) in [6, 6.07) is 13.1. The lowest BCUT2D eigenvalue weighted by Gasteiger charge is -2.31. The maximum absolute atomic E-state index is 12.6. The molecule has 164 valence electrons. The minimum Gasteiger partial charge on any atom is -0.449 e. The number of fused-ring (bicyclic) bond motifs is 1. The van der Waals surface area contributed by atoms with E-state index in [1.807, 2.05) is 12.1 Å². The molecule has 2 aromatic rings. The van der Waals surface area contributed by atoms with Crippen molar-refractivity contribution in [1.82, 2.24) is 10.2 Å². The van der Waals surface area contributed by atoms with Crippen molar-refractivity contribution >= 4 is 29.2 Å². The highest BCUT2D eigenvalue weighted by Gasteiger charge is 2.25. The van der Waals surface area contributed by atoms with Gasteiger partial charge in [0.15, 0.2) is 5.78 Å². The molecule has 0 bridgehead atoms. The number of carbonyl (C=O) groups excluding carboxylic acids is 2. The van der Waals surface area contributed by atoms with Gasteiger partial charge in [-0.3, -0.25) is 10.1 Å². The van der Waals surface area contributed by atoms with E-state index in [0.717, 1.165) is 68.8 Å². The van der Waals surface area contributed by atoms with Crippen molar-refractivity contribution in [3.8, 4) is 0 Å². The highest BCUT2D eigenvalue weighted by atomic mass is 35.5. The van der Waals surface area contributed by atoms with E-state index < -0.39 is 6.09 Å². The fourth-order valence-corrected chi connectivity index (χ4v) is 4.44. The average Bonchev–Trinajstić information content (AvgIpc) is 3.27. The van der Waals surface area contributed by atoms with E-state index in [1.54, 1.807) is 24.3 Å². The van der Waals surface area contributed by atoms with E-state index in [4.69, 9.17) is 16.3 Å². The molecule has 0 saturated carbocycles. The van der Waals surface area contributed by atoms with Gasteiger partial charge >= 0.3 is 6.09 Å². The first-order valence-corrected chi connectivity index (χ1v) is 11.3. The minimum atomic E-state index is -0.410. The summed E-state index contributed by atoms with van der Waals surface area (Å²) in [4.78, 5) is 27.1. The van der Waals surface area contributed by atoms with Crippen molar-refractivity contribution in [2.45, 2.75) is 32.4 Å². The Hall–Kier alpha value is -2.41. The molecule has 2 aliphatic rings. The number of Topliss-reactive ketones (excluding diaryl/α,β-unsaturated/α-hetero) is 1. The molecule has 0 aliphatic carbocycles. The molecule has 2 aromatic carbocycles. The van der Waals surface area contributed by atoms with E-state index in [-0.39, 0.29) is 11.7 Å². The molecule has 0 atom stereocenters. The standard InChI is InChI=1S/C24H28ClN3O3/c25-20-7-5-17(6-8-20)23(29)18-9-12-28(13-10-18)11-2-14-31-24(30)27-22-4-1-3-19-15-26-16-21(19)22/h1,3-8,18,26H,2,9-16H2,(H,27,30). The molecule has 0 spiro atoms. The third-order valence-electron chi connectivity index (χ3n) is 6.07. The molecule has 31 heavy (non-hydrogen) atoms. The van der Waals surface area contributed by atoms with Gasteiger partial charge in [-0.1, -0.05) is 23.7 Å². The van der Waals surface area contributed by atoms with Gasteiger partial charge in [0, 0.05) is 41.8 Å². The molecule has 0 aromatic heterocycles. The Labute approximate surface area is 187 Å². The second-order valence-corrected chi connectivity index (χ2v) is 8.58. The molecule has 2 aliphatic heterocycles. The van der Waals surface area contributed by atoms with E-state index in [0.29, 0.717) is 11.6 Å². The first kappa shape index (κ1) is 21.8. The van der Waals surface area contributed by atoms with Crippen molar-refractivity contribution in [3.05, 3.63) is 64.2 Å². The van der Waals surface area contributed by atoms with Gasteiger partial charge in [-0.2, -0.15) is 0 Å². The number of nitrogens with one attached hydrogen (secondary N) is 2. The first-order valence-electron chi connectivity index (χ1n) is 10.9. The summed E-state index contributed by atoms with van der Waals surface area (Å²) in [6.07, 6.45) is 2.08. The predicted octanol–water partition coefficient (Wildman–Crippen LogP) is 4.48. The zero-order chi connectivity index (χ0) is 21.6. The number of amides is 1. The number of hydrogen-bond acceptors (Lipinski definition) is 5.